The second-order valence-electron chi connectivity index (χ2n) is 4.43. The Labute approximate surface area is 138 Å². The number of aliphatic hydroxyl groups is 1. The number of aliphatic hydroxyl groups excluding tert-OH is 1. The summed E-state index contributed by atoms with van der Waals surface area (Å²) >= 11 is 0. The van der Waals surface area contributed by atoms with Crippen molar-refractivity contribution in [3.05, 3.63) is 35.2 Å². The molecule has 0 radical (unpaired) electrons. The Kier molecular flexibility index (Phi) is 7.24. The smallest absolute Gasteiger partial charge is 0.341 e. The zero-order valence-corrected chi connectivity index (χ0v) is 13.3. The lowest BCUT2D eigenvalue weighted by atomic mass is 10.2. The number of ether oxygens (including phenoxy) is 1. The van der Waals surface area contributed by atoms with E-state index in [0.29, 0.717) is 0 Å². The minimum absolute atomic E-state index is 0.00708. The van der Waals surface area contributed by atoms with Crippen LogP contribution in [0.3, 0.4) is 0 Å². The van der Waals surface area contributed by atoms with E-state index in [1.165, 1.54) is 25.3 Å². The molecule has 0 atom stereocenters. The predicted octanol–water partition coefficient (Wildman–Crippen LogP) is 0.394. The molecule has 9 nitrogen and oxygen atoms in total. The highest BCUT2D eigenvalue weighted by Gasteiger charge is 2.16. The van der Waals surface area contributed by atoms with Gasteiger partial charge in [-0.3, -0.25) is 14.9 Å². The lowest BCUT2D eigenvalue weighted by Gasteiger charge is -2.05. The van der Waals surface area contributed by atoms with E-state index >= 15 is 0 Å². The molecule has 128 valence electrons. The van der Waals surface area contributed by atoms with Gasteiger partial charge >= 0.3 is 5.97 Å². The Balaban J connectivity index is 3.09. The molecular weight excluding hydrogens is 316 g/mol. The second kappa shape index (κ2) is 9.16. The van der Waals surface area contributed by atoms with Gasteiger partial charge in [0.05, 0.1) is 18.7 Å². The van der Waals surface area contributed by atoms with E-state index in [9.17, 15) is 19.5 Å². The van der Waals surface area contributed by atoms with Crippen LogP contribution in [0.15, 0.2) is 34.7 Å². The number of amides is 2. The summed E-state index contributed by atoms with van der Waals surface area (Å²) in [6, 6.07) is 3.00. The van der Waals surface area contributed by atoms with E-state index in [4.69, 9.17) is 10.5 Å². The van der Waals surface area contributed by atoms with Crippen LogP contribution in [0.25, 0.3) is 0 Å². The molecule has 2 amide bonds. The molecule has 0 saturated heterocycles. The molecule has 0 saturated carbocycles. The zero-order valence-electron chi connectivity index (χ0n) is 13.3. The number of aliphatic imine (C=N–C) groups is 1. The fraction of sp³-hybridized carbons (Fsp3) is 0.267. The quantitative estimate of drug-likeness (QED) is 0.295. The van der Waals surface area contributed by atoms with E-state index in [0.717, 1.165) is 6.21 Å². The van der Waals surface area contributed by atoms with Gasteiger partial charge < -0.3 is 15.6 Å². The van der Waals surface area contributed by atoms with Gasteiger partial charge in [-0.05, 0) is 26.0 Å². The highest BCUT2D eigenvalue weighted by Crippen LogP contribution is 2.16. The minimum atomic E-state index is -0.872. The largest absolute Gasteiger partial charge is 0.512 e. The number of nitrogens with two attached hydrogens (primary N) is 1. The van der Waals surface area contributed by atoms with E-state index in [-0.39, 0.29) is 35.9 Å². The third-order valence-electron chi connectivity index (χ3n) is 2.67. The van der Waals surface area contributed by atoms with Gasteiger partial charge in [-0.2, -0.15) is 0 Å². The average molecular weight is 334 g/mol. The van der Waals surface area contributed by atoms with Crippen LogP contribution in [-0.4, -0.2) is 47.2 Å². The number of carbonyl (C=O) groups is 3. The number of rotatable bonds is 6. The van der Waals surface area contributed by atoms with E-state index in [1.54, 1.807) is 6.92 Å². The molecule has 9 heteroatoms. The van der Waals surface area contributed by atoms with Crippen LogP contribution in [0.1, 0.15) is 24.2 Å². The first-order valence-electron chi connectivity index (χ1n) is 7.01. The first kappa shape index (κ1) is 19.0. The van der Waals surface area contributed by atoms with Crippen molar-refractivity contribution in [3.63, 3.8) is 0 Å². The number of pyridine rings is 1. The maximum Gasteiger partial charge on any atom is 0.341 e. The highest BCUT2D eigenvalue weighted by atomic mass is 16.5. The van der Waals surface area contributed by atoms with Crippen molar-refractivity contribution in [2.75, 3.05) is 13.2 Å². The summed E-state index contributed by atoms with van der Waals surface area (Å²) in [6.07, 6.45) is 2.40. The molecule has 0 aliphatic heterocycles. The normalized spacial score (nSPS) is 11.8. The van der Waals surface area contributed by atoms with Crippen LogP contribution >= 0.6 is 0 Å². The van der Waals surface area contributed by atoms with Crippen molar-refractivity contribution >= 4 is 29.8 Å². The number of allylic oxidation sites excluding steroid dienone is 1. The van der Waals surface area contributed by atoms with Crippen LogP contribution < -0.4 is 11.1 Å². The molecule has 1 aromatic heterocycles. The van der Waals surface area contributed by atoms with Gasteiger partial charge in [-0.25, -0.2) is 14.8 Å². The number of hydrogen-bond acceptors (Lipinski definition) is 8. The first-order chi connectivity index (χ1) is 11.4. The van der Waals surface area contributed by atoms with Crippen LogP contribution in [0, 0.1) is 0 Å². The number of esters is 1. The number of nitrogens with one attached hydrogen (secondary N) is 1. The molecule has 0 unspecified atom stereocenters. The summed E-state index contributed by atoms with van der Waals surface area (Å²) in [7, 11) is 0. The Hall–Kier alpha value is -3.07. The lowest BCUT2D eigenvalue weighted by Crippen LogP contribution is -2.36. The summed E-state index contributed by atoms with van der Waals surface area (Å²) in [5.74, 6) is -2.56. The maximum absolute atomic E-state index is 11.9. The van der Waals surface area contributed by atoms with Gasteiger partial charge in [0.15, 0.2) is 5.82 Å². The van der Waals surface area contributed by atoms with Crippen molar-refractivity contribution in [2.24, 2.45) is 10.7 Å². The molecular formula is C15H18N4O5. The molecule has 4 N–H and O–H groups in total. The minimum Gasteiger partial charge on any atom is -0.512 e. The Bertz CT molecular complexity index is 693. The van der Waals surface area contributed by atoms with Crippen LogP contribution in [0.4, 0.5) is 5.82 Å². The van der Waals surface area contributed by atoms with E-state index in [1.807, 2.05) is 5.32 Å². The predicted molar refractivity (Wildman–Crippen MR) is 85.9 cm³/mol. The number of carbonyl (C=O) groups excluding carboxylic acids is 3. The van der Waals surface area contributed by atoms with E-state index in [2.05, 4.69) is 9.98 Å². The van der Waals surface area contributed by atoms with Gasteiger partial charge in [-0.1, -0.05) is 0 Å². The van der Waals surface area contributed by atoms with Crippen molar-refractivity contribution in [2.45, 2.75) is 13.8 Å². The average Bonchev–Trinajstić information content (AvgIpc) is 2.55. The van der Waals surface area contributed by atoms with Gasteiger partial charge in [-0.15, -0.1) is 0 Å². The third kappa shape index (κ3) is 5.29. The van der Waals surface area contributed by atoms with E-state index < -0.39 is 17.8 Å². The molecule has 1 aromatic rings. The third-order valence-corrected chi connectivity index (χ3v) is 2.67. The highest BCUT2D eigenvalue weighted by molar-refractivity contribution is 6.17. The maximum atomic E-state index is 11.9. The molecule has 0 aliphatic carbocycles. The molecule has 0 aliphatic rings. The zero-order chi connectivity index (χ0) is 18.1. The number of hydrogen-bond donors (Lipinski definition) is 3. The van der Waals surface area contributed by atoms with Crippen molar-refractivity contribution in [1.82, 2.24) is 10.3 Å². The topological polar surface area (TPSA) is 144 Å². The summed E-state index contributed by atoms with van der Waals surface area (Å²) in [5, 5.41) is 11.6. The summed E-state index contributed by atoms with van der Waals surface area (Å²) < 4.78 is 4.89. The van der Waals surface area contributed by atoms with Crippen LogP contribution in [-0.2, 0) is 14.3 Å². The second-order valence-corrected chi connectivity index (χ2v) is 4.43. The summed E-state index contributed by atoms with van der Waals surface area (Å²) in [6.45, 7) is 2.71. The summed E-state index contributed by atoms with van der Waals surface area (Å²) in [4.78, 5) is 42.7. The van der Waals surface area contributed by atoms with Crippen molar-refractivity contribution < 1.29 is 24.2 Å². The fourth-order valence-corrected chi connectivity index (χ4v) is 1.56. The van der Waals surface area contributed by atoms with Crippen LogP contribution in [0.5, 0.6) is 0 Å². The van der Waals surface area contributed by atoms with Gasteiger partial charge in [0.25, 0.3) is 5.91 Å². The molecule has 0 aromatic carbocycles. The Morgan fingerprint density at radius 2 is 2.17 bits per heavy atom. The molecule has 1 heterocycles. The number of nitrogens with zero attached hydrogens (tertiary/aromatic N) is 2. The number of imide groups is 1. The van der Waals surface area contributed by atoms with Crippen LogP contribution in [0.2, 0.25) is 0 Å². The Morgan fingerprint density at radius 3 is 2.75 bits per heavy atom. The molecule has 24 heavy (non-hydrogen) atoms. The molecule has 0 bridgehead atoms. The van der Waals surface area contributed by atoms with Crippen molar-refractivity contribution in [3.8, 4) is 0 Å². The SMILES string of the molecule is CCOC(=O)c1cccnc1/N=C/C(C(=O)NC(=O)CN)=C(\C)O. The number of aromatic nitrogens is 1. The van der Waals surface area contributed by atoms with Crippen molar-refractivity contribution in [1.29, 1.82) is 0 Å². The first-order valence-corrected chi connectivity index (χ1v) is 7.01. The Morgan fingerprint density at radius 1 is 1.46 bits per heavy atom. The molecule has 1 rings (SSSR count). The van der Waals surface area contributed by atoms with Gasteiger partial charge in [0.2, 0.25) is 5.91 Å². The molecule has 0 spiro atoms. The molecule has 0 fully saturated rings. The van der Waals surface area contributed by atoms with Gasteiger partial charge in [0.1, 0.15) is 11.3 Å². The summed E-state index contributed by atoms with van der Waals surface area (Å²) in [5.41, 5.74) is 4.94. The monoisotopic (exact) mass is 334 g/mol. The standard InChI is InChI=1S/C15H18N4O5/c1-3-24-15(23)10-5-4-6-17-13(10)18-8-11(9(2)20)14(22)19-12(21)7-16/h4-6,8,20H,3,7,16H2,1-2H3,(H,19,21,22)/b11-9-,18-8+. The lowest BCUT2D eigenvalue weighted by molar-refractivity contribution is -0.127. The fourth-order valence-electron chi connectivity index (χ4n) is 1.56. The van der Waals surface area contributed by atoms with Gasteiger partial charge in [0, 0.05) is 12.4 Å².